The highest BCUT2D eigenvalue weighted by atomic mass is 16.1. The van der Waals surface area contributed by atoms with Crippen LogP contribution in [0.2, 0.25) is 0 Å². The number of nitrogens with zero attached hydrogens (tertiary/aromatic N) is 4. The summed E-state index contributed by atoms with van der Waals surface area (Å²) >= 11 is 0. The zero-order valence-corrected chi connectivity index (χ0v) is 13.9. The van der Waals surface area contributed by atoms with Crippen LogP contribution in [-0.4, -0.2) is 40.0 Å². The molecule has 7 nitrogen and oxygen atoms in total. The number of amides is 1. The molecule has 0 aromatic carbocycles. The Labute approximate surface area is 145 Å². The van der Waals surface area contributed by atoms with E-state index in [-0.39, 0.29) is 17.5 Å². The highest BCUT2D eigenvalue weighted by molar-refractivity contribution is 5.97. The van der Waals surface area contributed by atoms with Crippen LogP contribution in [0.25, 0.3) is 11.0 Å². The summed E-state index contributed by atoms with van der Waals surface area (Å²) in [6.45, 7) is 1.42. The van der Waals surface area contributed by atoms with Crippen molar-refractivity contribution in [3.05, 3.63) is 30.2 Å². The van der Waals surface area contributed by atoms with Gasteiger partial charge in [0.05, 0.1) is 5.39 Å². The molecule has 1 aliphatic carbocycles. The first kappa shape index (κ1) is 15.6. The van der Waals surface area contributed by atoms with Gasteiger partial charge in [0.2, 0.25) is 0 Å². The standard InChI is InChI=1S/C18H20N6O/c19-9-13(8-12-3-4-12)18(25)21-10-14-2-1-7-24(14)17-15-5-6-20-16(15)22-11-23-17/h5-6,8,11-12,14H,1-4,7,10H2,(H,21,25)(H,20,22,23). The smallest absolute Gasteiger partial charge is 0.261 e. The molecule has 7 heteroatoms. The molecule has 1 amide bonds. The quantitative estimate of drug-likeness (QED) is 0.642. The third kappa shape index (κ3) is 3.20. The van der Waals surface area contributed by atoms with Crippen molar-refractivity contribution in [3.8, 4) is 6.07 Å². The van der Waals surface area contributed by atoms with Gasteiger partial charge in [0.15, 0.2) is 0 Å². The van der Waals surface area contributed by atoms with Crippen molar-refractivity contribution >= 4 is 22.8 Å². The van der Waals surface area contributed by atoms with Gasteiger partial charge in [0.1, 0.15) is 29.4 Å². The maximum Gasteiger partial charge on any atom is 0.261 e. The summed E-state index contributed by atoms with van der Waals surface area (Å²) in [5, 5.41) is 13.1. The summed E-state index contributed by atoms with van der Waals surface area (Å²) < 4.78 is 0. The van der Waals surface area contributed by atoms with Crippen LogP contribution in [0.1, 0.15) is 25.7 Å². The number of fused-ring (bicyclic) bond motifs is 1. The molecule has 2 aromatic heterocycles. The molecule has 2 aromatic rings. The molecule has 1 saturated carbocycles. The Balaban J connectivity index is 1.46. The van der Waals surface area contributed by atoms with E-state index < -0.39 is 0 Å². The summed E-state index contributed by atoms with van der Waals surface area (Å²) in [7, 11) is 0. The van der Waals surface area contributed by atoms with Gasteiger partial charge in [-0.1, -0.05) is 6.08 Å². The van der Waals surface area contributed by atoms with E-state index in [2.05, 4.69) is 25.2 Å². The average Bonchev–Trinajstić information content (AvgIpc) is 3.12. The minimum absolute atomic E-state index is 0.179. The van der Waals surface area contributed by atoms with Gasteiger partial charge in [-0.3, -0.25) is 4.79 Å². The van der Waals surface area contributed by atoms with Gasteiger partial charge < -0.3 is 15.2 Å². The van der Waals surface area contributed by atoms with Crippen LogP contribution in [-0.2, 0) is 4.79 Å². The van der Waals surface area contributed by atoms with Gasteiger partial charge in [-0.05, 0) is 37.7 Å². The van der Waals surface area contributed by atoms with E-state index >= 15 is 0 Å². The fourth-order valence-electron chi connectivity index (χ4n) is 3.38. The molecule has 0 spiro atoms. The number of hydrogen-bond donors (Lipinski definition) is 2. The second kappa shape index (κ2) is 6.55. The molecule has 4 rings (SSSR count). The molecule has 1 saturated heterocycles. The van der Waals surface area contributed by atoms with Crippen molar-refractivity contribution < 1.29 is 4.79 Å². The number of H-pyrrole nitrogens is 1. The Morgan fingerprint density at radius 3 is 3.12 bits per heavy atom. The van der Waals surface area contributed by atoms with Crippen molar-refractivity contribution in [1.29, 1.82) is 5.26 Å². The number of aromatic amines is 1. The summed E-state index contributed by atoms with van der Waals surface area (Å²) in [6, 6.07) is 4.18. The van der Waals surface area contributed by atoms with Crippen molar-refractivity contribution in [1.82, 2.24) is 20.3 Å². The second-order valence-corrected chi connectivity index (χ2v) is 6.67. The molecule has 1 atom stereocenters. The Hall–Kier alpha value is -2.88. The lowest BCUT2D eigenvalue weighted by molar-refractivity contribution is -0.117. The van der Waals surface area contributed by atoms with Crippen LogP contribution >= 0.6 is 0 Å². The van der Waals surface area contributed by atoms with Crippen molar-refractivity contribution in [2.45, 2.75) is 31.7 Å². The van der Waals surface area contributed by atoms with Gasteiger partial charge in [0.25, 0.3) is 5.91 Å². The van der Waals surface area contributed by atoms with E-state index in [1.807, 2.05) is 18.3 Å². The van der Waals surface area contributed by atoms with Crippen LogP contribution in [0, 0.1) is 17.2 Å². The molecule has 1 unspecified atom stereocenters. The van der Waals surface area contributed by atoms with Gasteiger partial charge in [-0.15, -0.1) is 0 Å². The minimum atomic E-state index is -0.268. The zero-order valence-electron chi connectivity index (χ0n) is 13.9. The summed E-state index contributed by atoms with van der Waals surface area (Å²) in [5.74, 6) is 1.04. The largest absolute Gasteiger partial charge is 0.351 e. The maximum absolute atomic E-state index is 12.3. The number of carbonyl (C=O) groups excluding carboxylic acids is 1. The number of allylic oxidation sites excluding steroid dienone is 1. The average molecular weight is 336 g/mol. The number of aromatic nitrogens is 3. The van der Waals surface area contributed by atoms with E-state index in [4.69, 9.17) is 0 Å². The maximum atomic E-state index is 12.3. The first-order valence-electron chi connectivity index (χ1n) is 8.71. The number of nitrogens with one attached hydrogen (secondary N) is 2. The van der Waals surface area contributed by atoms with Crippen molar-refractivity contribution in [2.75, 3.05) is 18.0 Å². The normalized spacial score (nSPS) is 20.7. The topological polar surface area (TPSA) is 97.7 Å². The first-order chi connectivity index (χ1) is 12.3. The number of carbonyl (C=O) groups is 1. The molecule has 0 bridgehead atoms. The molecule has 128 valence electrons. The van der Waals surface area contributed by atoms with Gasteiger partial charge in [0, 0.05) is 25.3 Å². The molecular formula is C18H20N6O. The Morgan fingerprint density at radius 1 is 1.44 bits per heavy atom. The van der Waals surface area contributed by atoms with Crippen LogP contribution in [0.4, 0.5) is 5.82 Å². The van der Waals surface area contributed by atoms with Gasteiger partial charge in [-0.25, -0.2) is 9.97 Å². The lowest BCUT2D eigenvalue weighted by atomic mass is 10.2. The van der Waals surface area contributed by atoms with Crippen LogP contribution < -0.4 is 10.2 Å². The molecule has 1 aliphatic heterocycles. The predicted molar refractivity (Wildman–Crippen MR) is 93.7 cm³/mol. The summed E-state index contributed by atoms with van der Waals surface area (Å²) in [6.07, 6.45) is 9.43. The zero-order chi connectivity index (χ0) is 17.2. The number of rotatable bonds is 5. The third-order valence-electron chi connectivity index (χ3n) is 4.87. The Kier molecular flexibility index (Phi) is 4.10. The fraction of sp³-hybridized carbons (Fsp3) is 0.444. The molecule has 0 radical (unpaired) electrons. The molecule has 2 N–H and O–H groups in total. The van der Waals surface area contributed by atoms with Crippen LogP contribution in [0.5, 0.6) is 0 Å². The lowest BCUT2D eigenvalue weighted by Gasteiger charge is -2.26. The SMILES string of the molecule is N#CC(=CC1CC1)C(=O)NCC1CCCN1c1ncnc2[nH]ccc12. The highest BCUT2D eigenvalue weighted by Crippen LogP contribution is 2.31. The molecular weight excluding hydrogens is 316 g/mol. The molecule has 2 fully saturated rings. The van der Waals surface area contributed by atoms with Gasteiger partial charge >= 0.3 is 0 Å². The number of anilines is 1. The third-order valence-corrected chi connectivity index (χ3v) is 4.87. The number of nitriles is 1. The minimum Gasteiger partial charge on any atom is -0.351 e. The van der Waals surface area contributed by atoms with Crippen molar-refractivity contribution in [3.63, 3.8) is 0 Å². The van der Waals surface area contributed by atoms with Gasteiger partial charge in [-0.2, -0.15) is 5.26 Å². The van der Waals surface area contributed by atoms with E-state index in [0.29, 0.717) is 12.5 Å². The van der Waals surface area contributed by atoms with Crippen LogP contribution in [0.3, 0.4) is 0 Å². The number of hydrogen-bond acceptors (Lipinski definition) is 5. The van der Waals surface area contributed by atoms with E-state index in [1.54, 1.807) is 12.4 Å². The van der Waals surface area contributed by atoms with E-state index in [9.17, 15) is 10.1 Å². The first-order valence-corrected chi connectivity index (χ1v) is 8.71. The fourth-order valence-corrected chi connectivity index (χ4v) is 3.38. The second-order valence-electron chi connectivity index (χ2n) is 6.67. The lowest BCUT2D eigenvalue weighted by Crippen LogP contribution is -2.41. The summed E-state index contributed by atoms with van der Waals surface area (Å²) in [4.78, 5) is 26.3. The molecule has 25 heavy (non-hydrogen) atoms. The Bertz CT molecular complexity index is 860. The molecule has 3 heterocycles. The van der Waals surface area contributed by atoms with E-state index in [1.165, 1.54) is 0 Å². The molecule has 2 aliphatic rings. The van der Waals surface area contributed by atoms with Crippen molar-refractivity contribution in [2.24, 2.45) is 5.92 Å². The van der Waals surface area contributed by atoms with Crippen LogP contribution in [0.15, 0.2) is 30.2 Å². The summed E-state index contributed by atoms with van der Waals surface area (Å²) in [5.41, 5.74) is 1.06. The highest BCUT2D eigenvalue weighted by Gasteiger charge is 2.28. The Morgan fingerprint density at radius 2 is 2.32 bits per heavy atom. The predicted octanol–water partition coefficient (Wildman–Crippen LogP) is 1.90. The monoisotopic (exact) mass is 336 g/mol. The van der Waals surface area contributed by atoms with E-state index in [0.717, 1.165) is 49.1 Å².